The maximum atomic E-state index is 13.1. The van der Waals surface area contributed by atoms with E-state index in [0.717, 1.165) is 10.7 Å². The van der Waals surface area contributed by atoms with Crippen molar-refractivity contribution in [3.8, 4) is 0 Å². The van der Waals surface area contributed by atoms with Gasteiger partial charge in [0, 0.05) is 50.4 Å². The van der Waals surface area contributed by atoms with Crippen molar-refractivity contribution in [1.82, 2.24) is 9.29 Å². The van der Waals surface area contributed by atoms with E-state index in [2.05, 4.69) is 15.2 Å². The number of hydrogen-bond donors (Lipinski definition) is 1. The zero-order chi connectivity index (χ0) is 18.9. The van der Waals surface area contributed by atoms with Gasteiger partial charge in [-0.15, -0.1) is 11.3 Å². The summed E-state index contributed by atoms with van der Waals surface area (Å²) < 4.78 is 27.7. The van der Waals surface area contributed by atoms with Crippen molar-refractivity contribution in [2.75, 3.05) is 36.4 Å². The molecular formula is C17H22N4O3S2. The minimum atomic E-state index is -3.58. The highest BCUT2D eigenvalue weighted by Crippen LogP contribution is 2.28. The van der Waals surface area contributed by atoms with E-state index in [4.69, 9.17) is 0 Å². The van der Waals surface area contributed by atoms with Crippen LogP contribution in [0.4, 0.5) is 10.8 Å². The third kappa shape index (κ3) is 3.74. The third-order valence-corrected chi connectivity index (χ3v) is 7.25. The lowest BCUT2D eigenvalue weighted by molar-refractivity contribution is -0.114. The molecule has 2 aromatic rings. The Morgan fingerprint density at radius 1 is 1.15 bits per heavy atom. The van der Waals surface area contributed by atoms with E-state index < -0.39 is 10.0 Å². The standard InChI is InChI=1S/C17H22N4O3S2/c1-12-11-16(13(2)10-15(12)19-14(3)22)26(23,24)21-7-5-20(6-8-21)17-18-4-9-25-17/h4,9-11H,5-8H2,1-3H3,(H,19,22). The third-order valence-electron chi connectivity index (χ3n) is 4.38. The molecule has 140 valence electrons. The Balaban J connectivity index is 1.80. The van der Waals surface area contributed by atoms with Crippen LogP contribution < -0.4 is 10.2 Å². The minimum Gasteiger partial charge on any atom is -0.345 e. The number of sulfonamides is 1. The Hall–Kier alpha value is -1.97. The van der Waals surface area contributed by atoms with Crippen LogP contribution in [0, 0.1) is 13.8 Å². The van der Waals surface area contributed by atoms with Crippen molar-refractivity contribution in [2.45, 2.75) is 25.7 Å². The molecule has 0 unspecified atom stereocenters. The van der Waals surface area contributed by atoms with E-state index in [-0.39, 0.29) is 5.91 Å². The van der Waals surface area contributed by atoms with Gasteiger partial charge in [-0.05, 0) is 37.1 Å². The normalized spacial score (nSPS) is 15.9. The fourth-order valence-corrected chi connectivity index (χ4v) is 5.43. The summed E-state index contributed by atoms with van der Waals surface area (Å²) in [6, 6.07) is 3.36. The smallest absolute Gasteiger partial charge is 0.243 e. The van der Waals surface area contributed by atoms with Crippen molar-refractivity contribution in [3.63, 3.8) is 0 Å². The molecule has 1 aromatic heterocycles. The van der Waals surface area contributed by atoms with Crippen LogP contribution >= 0.6 is 11.3 Å². The number of thiazole rings is 1. The van der Waals surface area contributed by atoms with E-state index in [0.29, 0.717) is 42.3 Å². The first-order valence-electron chi connectivity index (χ1n) is 8.32. The van der Waals surface area contributed by atoms with Gasteiger partial charge in [0.2, 0.25) is 15.9 Å². The van der Waals surface area contributed by atoms with Crippen molar-refractivity contribution >= 4 is 38.1 Å². The first-order valence-corrected chi connectivity index (χ1v) is 10.6. The van der Waals surface area contributed by atoms with E-state index in [1.54, 1.807) is 43.5 Å². The average molecular weight is 395 g/mol. The molecule has 3 rings (SSSR count). The number of rotatable bonds is 4. The number of nitrogens with one attached hydrogen (secondary N) is 1. The summed E-state index contributed by atoms with van der Waals surface area (Å²) in [5, 5.41) is 5.58. The van der Waals surface area contributed by atoms with Gasteiger partial charge in [-0.2, -0.15) is 4.31 Å². The fourth-order valence-electron chi connectivity index (χ4n) is 3.02. The molecule has 9 heteroatoms. The first-order chi connectivity index (χ1) is 12.3. The fraction of sp³-hybridized carbons (Fsp3) is 0.412. The van der Waals surface area contributed by atoms with Gasteiger partial charge in [-0.3, -0.25) is 4.79 Å². The Morgan fingerprint density at radius 3 is 2.42 bits per heavy atom. The summed E-state index contributed by atoms with van der Waals surface area (Å²) in [5.74, 6) is -0.179. The van der Waals surface area contributed by atoms with Crippen LogP contribution in [0.25, 0.3) is 0 Å². The zero-order valence-electron chi connectivity index (χ0n) is 15.0. The number of aryl methyl sites for hydroxylation is 2. The molecule has 0 aliphatic carbocycles. The molecule has 2 heterocycles. The topological polar surface area (TPSA) is 82.6 Å². The highest BCUT2D eigenvalue weighted by molar-refractivity contribution is 7.89. The molecule has 1 aliphatic rings. The maximum absolute atomic E-state index is 13.1. The second-order valence-electron chi connectivity index (χ2n) is 6.32. The van der Waals surface area contributed by atoms with Crippen LogP contribution in [-0.2, 0) is 14.8 Å². The van der Waals surface area contributed by atoms with Crippen molar-refractivity contribution in [2.24, 2.45) is 0 Å². The molecule has 7 nitrogen and oxygen atoms in total. The van der Waals surface area contributed by atoms with Crippen LogP contribution in [-0.4, -0.2) is 49.8 Å². The van der Waals surface area contributed by atoms with Gasteiger partial charge in [0.05, 0.1) is 4.90 Å². The summed E-state index contributed by atoms with van der Waals surface area (Å²) in [7, 11) is -3.58. The lowest BCUT2D eigenvalue weighted by atomic mass is 10.1. The summed E-state index contributed by atoms with van der Waals surface area (Å²) in [5.41, 5.74) is 2.00. The van der Waals surface area contributed by atoms with Gasteiger partial charge < -0.3 is 10.2 Å². The number of amides is 1. The van der Waals surface area contributed by atoms with Crippen molar-refractivity contribution in [1.29, 1.82) is 0 Å². The highest BCUT2D eigenvalue weighted by Gasteiger charge is 2.30. The molecule has 0 radical (unpaired) electrons. The van der Waals surface area contributed by atoms with Gasteiger partial charge in [0.1, 0.15) is 0 Å². The molecule has 1 aromatic carbocycles. The van der Waals surface area contributed by atoms with Crippen molar-refractivity contribution in [3.05, 3.63) is 34.8 Å². The Labute approximate surface area is 157 Å². The van der Waals surface area contributed by atoms with Crippen molar-refractivity contribution < 1.29 is 13.2 Å². The minimum absolute atomic E-state index is 0.179. The molecule has 1 aliphatic heterocycles. The molecule has 1 amide bonds. The van der Waals surface area contributed by atoms with Gasteiger partial charge in [-0.1, -0.05) is 0 Å². The molecule has 0 atom stereocenters. The van der Waals surface area contributed by atoms with E-state index in [9.17, 15) is 13.2 Å². The molecule has 1 saturated heterocycles. The number of nitrogens with zero attached hydrogens (tertiary/aromatic N) is 3. The van der Waals surface area contributed by atoms with Crippen LogP contribution in [0.5, 0.6) is 0 Å². The Morgan fingerprint density at radius 2 is 1.85 bits per heavy atom. The number of carbonyl (C=O) groups excluding carboxylic acids is 1. The number of benzene rings is 1. The van der Waals surface area contributed by atoms with Crippen LogP contribution in [0.1, 0.15) is 18.1 Å². The summed E-state index contributed by atoms with van der Waals surface area (Å²) in [6.07, 6.45) is 1.76. The van der Waals surface area contributed by atoms with Gasteiger partial charge >= 0.3 is 0 Å². The van der Waals surface area contributed by atoms with E-state index >= 15 is 0 Å². The molecule has 1 N–H and O–H groups in total. The summed E-state index contributed by atoms with van der Waals surface area (Å²) in [4.78, 5) is 18.0. The molecule has 0 saturated carbocycles. The lowest BCUT2D eigenvalue weighted by Gasteiger charge is -2.34. The summed E-state index contributed by atoms with van der Waals surface area (Å²) >= 11 is 1.56. The van der Waals surface area contributed by atoms with Gasteiger partial charge in [-0.25, -0.2) is 13.4 Å². The number of piperazine rings is 1. The van der Waals surface area contributed by atoms with E-state index in [1.807, 2.05) is 5.38 Å². The monoisotopic (exact) mass is 394 g/mol. The van der Waals surface area contributed by atoms with Crippen LogP contribution in [0.3, 0.4) is 0 Å². The van der Waals surface area contributed by atoms with Crippen LogP contribution in [0.2, 0.25) is 0 Å². The number of aromatic nitrogens is 1. The predicted molar refractivity (Wildman–Crippen MR) is 103 cm³/mol. The summed E-state index contributed by atoms with van der Waals surface area (Å²) in [6.45, 7) is 7.07. The lowest BCUT2D eigenvalue weighted by Crippen LogP contribution is -2.48. The van der Waals surface area contributed by atoms with E-state index in [1.165, 1.54) is 11.2 Å². The highest BCUT2D eigenvalue weighted by atomic mass is 32.2. The predicted octanol–water partition coefficient (Wildman–Crippen LogP) is 2.23. The zero-order valence-corrected chi connectivity index (χ0v) is 16.7. The van der Waals surface area contributed by atoms with Gasteiger partial charge in [0.15, 0.2) is 5.13 Å². The Bertz CT molecular complexity index is 902. The molecule has 1 fully saturated rings. The maximum Gasteiger partial charge on any atom is 0.243 e. The number of anilines is 2. The molecule has 0 bridgehead atoms. The van der Waals surface area contributed by atoms with Gasteiger partial charge in [0.25, 0.3) is 0 Å². The quantitative estimate of drug-likeness (QED) is 0.860. The number of hydrogen-bond acceptors (Lipinski definition) is 6. The molecule has 26 heavy (non-hydrogen) atoms. The van der Waals surface area contributed by atoms with Crippen LogP contribution in [0.15, 0.2) is 28.6 Å². The molecule has 0 spiro atoms. The first kappa shape index (κ1) is 18.8. The largest absolute Gasteiger partial charge is 0.345 e. The Kier molecular flexibility index (Phi) is 5.31. The average Bonchev–Trinajstić information content (AvgIpc) is 3.12. The second kappa shape index (κ2) is 7.34. The SMILES string of the molecule is CC(=O)Nc1cc(C)c(S(=O)(=O)N2CCN(c3nccs3)CC2)cc1C. The number of carbonyl (C=O) groups is 1. The second-order valence-corrected chi connectivity index (χ2v) is 9.10. The molecular weight excluding hydrogens is 372 g/mol.